The topological polar surface area (TPSA) is 68.0 Å². The summed E-state index contributed by atoms with van der Waals surface area (Å²) in [6.45, 7) is 4.33. The number of benzene rings is 3. The van der Waals surface area contributed by atoms with Crippen molar-refractivity contribution in [1.29, 1.82) is 0 Å². The second-order valence-electron chi connectivity index (χ2n) is 7.83. The monoisotopic (exact) mass is 373 g/mol. The number of hydrogen-bond donors (Lipinski definition) is 0. The number of rotatable bonds is 1. The highest BCUT2D eigenvalue weighted by molar-refractivity contribution is 6.00. The van der Waals surface area contributed by atoms with Crippen LogP contribution >= 0.6 is 0 Å². The summed E-state index contributed by atoms with van der Waals surface area (Å²) in [6.07, 6.45) is 1.87. The lowest BCUT2D eigenvalue weighted by atomic mass is 9.77. The van der Waals surface area contributed by atoms with Gasteiger partial charge in [0.05, 0.1) is 16.6 Å². The average molecular weight is 373 g/mol. The van der Waals surface area contributed by atoms with Crippen LogP contribution in [0.4, 0.5) is 17.1 Å². The molecule has 0 fully saturated rings. The van der Waals surface area contributed by atoms with Crippen LogP contribution in [0, 0.1) is 10.1 Å². The number of nitrogens with zero attached hydrogens (tertiary/aromatic N) is 3. The van der Waals surface area contributed by atoms with Crippen molar-refractivity contribution in [2.24, 2.45) is 4.99 Å². The highest BCUT2D eigenvalue weighted by Gasteiger charge is 2.58. The molecule has 0 aliphatic carbocycles. The lowest BCUT2D eigenvalue weighted by Gasteiger charge is -2.45. The molecule has 0 aromatic heterocycles. The maximum absolute atomic E-state index is 11.1. The Kier molecular flexibility index (Phi) is 3.18. The van der Waals surface area contributed by atoms with Gasteiger partial charge in [0.2, 0.25) is 5.72 Å². The number of ether oxygens (including phenoxy) is 1. The smallest absolute Gasteiger partial charge is 0.270 e. The predicted molar refractivity (Wildman–Crippen MR) is 110 cm³/mol. The van der Waals surface area contributed by atoms with Crippen molar-refractivity contribution in [3.63, 3.8) is 0 Å². The van der Waals surface area contributed by atoms with Crippen LogP contribution in [0.1, 0.15) is 19.4 Å². The fraction of sp³-hybridized carbons (Fsp3) is 0.227. The lowest BCUT2D eigenvalue weighted by molar-refractivity contribution is -0.384. The molecule has 2 aliphatic rings. The fourth-order valence-corrected chi connectivity index (χ4v) is 4.49. The van der Waals surface area contributed by atoms with E-state index in [1.54, 1.807) is 12.1 Å². The van der Waals surface area contributed by atoms with Gasteiger partial charge in [0.1, 0.15) is 11.4 Å². The average Bonchev–Trinajstić information content (AvgIpc) is 2.86. The summed E-state index contributed by atoms with van der Waals surface area (Å²) in [6, 6.07) is 16.8. The Hall–Kier alpha value is -3.41. The number of aliphatic imine (C=N–C) groups is 1. The minimum absolute atomic E-state index is 0.0664. The van der Waals surface area contributed by atoms with Gasteiger partial charge < -0.3 is 9.64 Å². The zero-order chi connectivity index (χ0) is 19.7. The molecule has 5 rings (SSSR count). The summed E-state index contributed by atoms with van der Waals surface area (Å²) in [5.41, 5.74) is 2.06. The summed E-state index contributed by atoms with van der Waals surface area (Å²) in [5, 5.41) is 12.7. The quantitative estimate of drug-likeness (QED) is 0.446. The molecule has 2 heterocycles. The molecule has 0 saturated carbocycles. The third-order valence-electron chi connectivity index (χ3n) is 6.12. The maximum atomic E-state index is 11.1. The van der Waals surface area contributed by atoms with E-state index in [1.165, 1.54) is 11.6 Å². The van der Waals surface area contributed by atoms with Crippen LogP contribution in [0.15, 0.2) is 59.6 Å². The molecular weight excluding hydrogens is 354 g/mol. The van der Waals surface area contributed by atoms with Gasteiger partial charge in [-0.2, -0.15) is 0 Å². The van der Waals surface area contributed by atoms with Crippen molar-refractivity contribution < 1.29 is 9.66 Å². The van der Waals surface area contributed by atoms with Crippen LogP contribution < -0.4 is 9.64 Å². The first-order chi connectivity index (χ1) is 13.3. The van der Waals surface area contributed by atoms with Crippen molar-refractivity contribution in [1.82, 2.24) is 0 Å². The van der Waals surface area contributed by atoms with E-state index in [9.17, 15) is 10.1 Å². The molecule has 0 N–H and O–H groups in total. The zero-order valence-electron chi connectivity index (χ0n) is 15.8. The summed E-state index contributed by atoms with van der Waals surface area (Å²) in [7, 11) is 2.02. The molecule has 0 unspecified atom stereocenters. The van der Waals surface area contributed by atoms with E-state index in [1.807, 2.05) is 37.5 Å². The summed E-state index contributed by atoms with van der Waals surface area (Å²) in [5.74, 6) is 0.677. The molecule has 6 nitrogen and oxygen atoms in total. The van der Waals surface area contributed by atoms with Gasteiger partial charge in [-0.05, 0) is 43.0 Å². The lowest BCUT2D eigenvalue weighted by Crippen LogP contribution is -2.61. The van der Waals surface area contributed by atoms with Gasteiger partial charge in [-0.1, -0.05) is 24.3 Å². The van der Waals surface area contributed by atoms with Gasteiger partial charge >= 0.3 is 0 Å². The molecular formula is C22H19N3O3. The molecule has 28 heavy (non-hydrogen) atoms. The molecule has 0 radical (unpaired) electrons. The van der Waals surface area contributed by atoms with Crippen molar-refractivity contribution in [2.45, 2.75) is 25.0 Å². The fourth-order valence-electron chi connectivity index (χ4n) is 4.49. The molecule has 0 amide bonds. The summed E-state index contributed by atoms with van der Waals surface area (Å²) in [4.78, 5) is 17.6. The van der Waals surface area contributed by atoms with Gasteiger partial charge in [-0.15, -0.1) is 0 Å². The van der Waals surface area contributed by atoms with Crippen molar-refractivity contribution in [2.75, 3.05) is 11.9 Å². The number of para-hydroxylation sites is 1. The van der Waals surface area contributed by atoms with Gasteiger partial charge in [-0.3, -0.25) is 15.1 Å². The van der Waals surface area contributed by atoms with Crippen LogP contribution in [0.2, 0.25) is 0 Å². The van der Waals surface area contributed by atoms with E-state index in [0.29, 0.717) is 11.4 Å². The Balaban J connectivity index is 1.67. The van der Waals surface area contributed by atoms with Crippen LogP contribution in [-0.4, -0.2) is 23.9 Å². The minimum atomic E-state index is -0.738. The number of nitro groups is 1. The van der Waals surface area contributed by atoms with Gasteiger partial charge in [0.15, 0.2) is 0 Å². The number of fused-ring (bicyclic) bond motifs is 4. The van der Waals surface area contributed by atoms with Crippen LogP contribution in [0.5, 0.6) is 5.75 Å². The highest BCUT2D eigenvalue weighted by Crippen LogP contribution is 2.54. The van der Waals surface area contributed by atoms with Gasteiger partial charge in [-0.25, -0.2) is 0 Å². The van der Waals surface area contributed by atoms with E-state index >= 15 is 0 Å². The van der Waals surface area contributed by atoms with E-state index in [4.69, 9.17) is 9.73 Å². The number of likely N-dealkylation sites (N-methyl/N-ethyl adjacent to an activating group) is 1. The van der Waals surface area contributed by atoms with E-state index in [2.05, 4.69) is 30.9 Å². The maximum Gasteiger partial charge on any atom is 0.270 e. The molecule has 3 aromatic carbocycles. The van der Waals surface area contributed by atoms with E-state index in [0.717, 1.165) is 16.5 Å². The van der Waals surface area contributed by atoms with Crippen LogP contribution in [0.25, 0.3) is 10.8 Å². The second kappa shape index (κ2) is 5.32. The minimum Gasteiger partial charge on any atom is -0.459 e. The Bertz CT molecular complexity index is 1180. The first-order valence-electron chi connectivity index (χ1n) is 9.14. The highest BCUT2D eigenvalue weighted by atomic mass is 16.6. The largest absolute Gasteiger partial charge is 0.459 e. The first-order valence-corrected chi connectivity index (χ1v) is 9.14. The molecule has 140 valence electrons. The second-order valence-corrected chi connectivity index (χ2v) is 7.83. The van der Waals surface area contributed by atoms with Gasteiger partial charge in [0, 0.05) is 30.3 Å². The normalized spacial score (nSPS) is 21.5. The Labute approximate surface area is 162 Å². The van der Waals surface area contributed by atoms with Crippen LogP contribution in [-0.2, 0) is 5.41 Å². The zero-order valence-corrected chi connectivity index (χ0v) is 15.8. The molecule has 0 bridgehead atoms. The summed E-state index contributed by atoms with van der Waals surface area (Å²) < 4.78 is 6.62. The number of hydrogen-bond acceptors (Lipinski definition) is 5. The van der Waals surface area contributed by atoms with Gasteiger partial charge in [0.25, 0.3) is 5.69 Å². The third-order valence-corrected chi connectivity index (χ3v) is 6.12. The predicted octanol–water partition coefficient (Wildman–Crippen LogP) is 4.97. The number of anilines is 1. The molecule has 2 aliphatic heterocycles. The molecule has 1 spiro atoms. The van der Waals surface area contributed by atoms with Crippen molar-refractivity contribution >= 4 is 34.0 Å². The number of nitro benzene ring substituents is 1. The molecule has 6 heteroatoms. The first kappa shape index (κ1) is 16.7. The third kappa shape index (κ3) is 1.94. The molecule has 3 aromatic rings. The number of non-ortho nitro benzene ring substituents is 1. The molecule has 1 atom stereocenters. The molecule has 0 saturated heterocycles. The van der Waals surface area contributed by atoms with Crippen molar-refractivity contribution in [3.8, 4) is 5.75 Å². The standard InChI is InChI=1S/C22H19N3O3/c1-21(2)17-6-4-5-7-18(17)24(3)22(21)13-23-20-16-10-9-15(25(26)27)12-14(16)8-11-19(20)28-22/h4-13H,1-3H3/t22-/m0/s1. The summed E-state index contributed by atoms with van der Waals surface area (Å²) >= 11 is 0. The SMILES string of the molecule is CN1c2ccccc2C(C)(C)[C@@]12C=Nc1c(ccc3cc([N+](=O)[O-])ccc13)O2. The van der Waals surface area contributed by atoms with Crippen molar-refractivity contribution in [3.05, 3.63) is 70.3 Å². The Morgan fingerprint density at radius 1 is 1.11 bits per heavy atom. The van der Waals surface area contributed by atoms with E-state index < -0.39 is 5.72 Å². The van der Waals surface area contributed by atoms with E-state index in [-0.39, 0.29) is 16.0 Å². The Morgan fingerprint density at radius 2 is 1.89 bits per heavy atom. The van der Waals surface area contributed by atoms with Crippen LogP contribution in [0.3, 0.4) is 0 Å². The Morgan fingerprint density at radius 3 is 2.64 bits per heavy atom.